The van der Waals surface area contributed by atoms with Crippen molar-refractivity contribution in [2.75, 3.05) is 25.0 Å². The Kier molecular flexibility index (Phi) is 6.18. The largest absolute Gasteiger partial charge is 0.481 e. The van der Waals surface area contributed by atoms with Gasteiger partial charge in [-0.05, 0) is 25.6 Å². The first kappa shape index (κ1) is 16.2. The van der Waals surface area contributed by atoms with E-state index in [0.717, 1.165) is 5.69 Å². The molecular weight excluding hydrogens is 256 g/mol. The zero-order chi connectivity index (χ0) is 15.1. The standard InChI is InChI=1S/C15H22N2O3/c1-4-17(12(2)10-15(19)20)11-14(18)16(3)13-8-6-5-7-9-13/h5-9,12H,4,10-11H2,1-3H3,(H,19,20). The molecule has 0 saturated heterocycles. The van der Waals surface area contributed by atoms with E-state index in [2.05, 4.69) is 0 Å². The van der Waals surface area contributed by atoms with Gasteiger partial charge < -0.3 is 10.0 Å². The van der Waals surface area contributed by atoms with Gasteiger partial charge in [0.05, 0.1) is 13.0 Å². The topological polar surface area (TPSA) is 60.9 Å². The van der Waals surface area contributed by atoms with E-state index < -0.39 is 5.97 Å². The zero-order valence-electron chi connectivity index (χ0n) is 12.2. The summed E-state index contributed by atoms with van der Waals surface area (Å²) in [4.78, 5) is 26.5. The summed E-state index contributed by atoms with van der Waals surface area (Å²) in [6.45, 7) is 4.61. The number of hydrogen-bond donors (Lipinski definition) is 1. The number of aliphatic carboxylic acids is 1. The van der Waals surface area contributed by atoms with Crippen LogP contribution in [0.4, 0.5) is 5.69 Å². The smallest absolute Gasteiger partial charge is 0.304 e. The number of nitrogens with zero attached hydrogens (tertiary/aromatic N) is 2. The van der Waals surface area contributed by atoms with Crippen LogP contribution in [0.5, 0.6) is 0 Å². The first-order valence-electron chi connectivity index (χ1n) is 6.73. The minimum atomic E-state index is -0.847. The average molecular weight is 278 g/mol. The van der Waals surface area contributed by atoms with Crippen molar-refractivity contribution in [2.24, 2.45) is 0 Å². The molecule has 110 valence electrons. The Morgan fingerprint density at radius 1 is 1.25 bits per heavy atom. The lowest BCUT2D eigenvalue weighted by Gasteiger charge is -2.28. The molecule has 20 heavy (non-hydrogen) atoms. The molecule has 1 N–H and O–H groups in total. The molecule has 5 nitrogen and oxygen atoms in total. The molecule has 1 amide bonds. The molecule has 0 heterocycles. The molecule has 0 fully saturated rings. The number of carbonyl (C=O) groups excluding carboxylic acids is 1. The Morgan fingerprint density at radius 3 is 2.35 bits per heavy atom. The molecule has 0 radical (unpaired) electrons. The highest BCUT2D eigenvalue weighted by molar-refractivity contribution is 5.94. The van der Waals surface area contributed by atoms with Gasteiger partial charge in [0.1, 0.15) is 0 Å². The quantitative estimate of drug-likeness (QED) is 0.826. The van der Waals surface area contributed by atoms with Crippen molar-refractivity contribution in [3.8, 4) is 0 Å². The first-order valence-corrected chi connectivity index (χ1v) is 6.73. The van der Waals surface area contributed by atoms with Crippen molar-refractivity contribution in [3.63, 3.8) is 0 Å². The highest BCUT2D eigenvalue weighted by atomic mass is 16.4. The third-order valence-corrected chi connectivity index (χ3v) is 3.36. The molecule has 0 aliphatic carbocycles. The molecule has 1 aromatic carbocycles. The fourth-order valence-electron chi connectivity index (χ4n) is 2.04. The molecule has 1 aromatic rings. The third-order valence-electron chi connectivity index (χ3n) is 3.36. The van der Waals surface area contributed by atoms with Crippen LogP contribution in [0.2, 0.25) is 0 Å². The Hall–Kier alpha value is -1.88. The van der Waals surface area contributed by atoms with E-state index in [1.807, 2.05) is 49.1 Å². The van der Waals surface area contributed by atoms with Crippen LogP contribution in [0.1, 0.15) is 20.3 Å². The van der Waals surface area contributed by atoms with E-state index in [-0.39, 0.29) is 24.9 Å². The van der Waals surface area contributed by atoms with Gasteiger partial charge in [-0.15, -0.1) is 0 Å². The van der Waals surface area contributed by atoms with Crippen LogP contribution in [-0.2, 0) is 9.59 Å². The minimum absolute atomic E-state index is 0.0379. The summed E-state index contributed by atoms with van der Waals surface area (Å²) in [5, 5.41) is 8.83. The summed E-state index contributed by atoms with van der Waals surface area (Å²) < 4.78 is 0. The van der Waals surface area contributed by atoms with Gasteiger partial charge in [0.2, 0.25) is 5.91 Å². The summed E-state index contributed by atoms with van der Waals surface area (Å²) in [5.74, 6) is -0.893. The van der Waals surface area contributed by atoms with Gasteiger partial charge in [-0.3, -0.25) is 14.5 Å². The number of anilines is 1. The summed E-state index contributed by atoms with van der Waals surface area (Å²) >= 11 is 0. The van der Waals surface area contributed by atoms with E-state index in [9.17, 15) is 9.59 Å². The predicted octanol–water partition coefficient (Wildman–Crippen LogP) is 1.83. The second-order valence-corrected chi connectivity index (χ2v) is 4.80. The van der Waals surface area contributed by atoms with E-state index >= 15 is 0 Å². The van der Waals surface area contributed by atoms with Crippen molar-refractivity contribution >= 4 is 17.6 Å². The van der Waals surface area contributed by atoms with Gasteiger partial charge in [-0.2, -0.15) is 0 Å². The molecule has 0 saturated carbocycles. The van der Waals surface area contributed by atoms with Crippen molar-refractivity contribution in [3.05, 3.63) is 30.3 Å². The predicted molar refractivity (Wildman–Crippen MR) is 78.8 cm³/mol. The maximum Gasteiger partial charge on any atom is 0.304 e. The number of benzene rings is 1. The molecule has 1 unspecified atom stereocenters. The SMILES string of the molecule is CCN(CC(=O)N(C)c1ccccc1)C(C)CC(=O)O. The Labute approximate surface area is 119 Å². The summed E-state index contributed by atoms with van der Waals surface area (Å²) in [5.41, 5.74) is 0.833. The van der Waals surface area contributed by atoms with Crippen LogP contribution < -0.4 is 4.90 Å². The summed E-state index contributed by atoms with van der Waals surface area (Å²) in [7, 11) is 1.73. The molecular formula is C15H22N2O3. The fourth-order valence-corrected chi connectivity index (χ4v) is 2.04. The number of hydrogen-bond acceptors (Lipinski definition) is 3. The lowest BCUT2D eigenvalue weighted by atomic mass is 10.2. The number of carboxylic acid groups (broad SMARTS) is 1. The van der Waals surface area contributed by atoms with E-state index in [4.69, 9.17) is 5.11 Å². The Balaban J connectivity index is 2.65. The Bertz CT molecular complexity index is 448. The van der Waals surface area contributed by atoms with Crippen LogP contribution in [-0.4, -0.2) is 48.1 Å². The highest BCUT2D eigenvalue weighted by Gasteiger charge is 2.20. The minimum Gasteiger partial charge on any atom is -0.481 e. The number of carbonyl (C=O) groups is 2. The van der Waals surface area contributed by atoms with Gasteiger partial charge in [0.15, 0.2) is 0 Å². The average Bonchev–Trinajstić information content (AvgIpc) is 2.43. The van der Waals surface area contributed by atoms with Gasteiger partial charge >= 0.3 is 5.97 Å². The van der Waals surface area contributed by atoms with Crippen LogP contribution >= 0.6 is 0 Å². The molecule has 0 aromatic heterocycles. The maximum atomic E-state index is 12.2. The zero-order valence-corrected chi connectivity index (χ0v) is 12.2. The lowest BCUT2D eigenvalue weighted by Crippen LogP contribution is -2.43. The summed E-state index contributed by atoms with van der Waals surface area (Å²) in [6, 6.07) is 9.23. The monoisotopic (exact) mass is 278 g/mol. The van der Waals surface area contributed by atoms with E-state index in [1.165, 1.54) is 0 Å². The molecule has 1 atom stereocenters. The van der Waals surface area contributed by atoms with Gasteiger partial charge in [0, 0.05) is 18.8 Å². The number of likely N-dealkylation sites (N-methyl/N-ethyl adjacent to an activating group) is 2. The third kappa shape index (κ3) is 4.66. The van der Waals surface area contributed by atoms with Gasteiger partial charge in [-0.25, -0.2) is 0 Å². The lowest BCUT2D eigenvalue weighted by molar-refractivity contribution is -0.138. The van der Waals surface area contributed by atoms with Crippen LogP contribution in [0.15, 0.2) is 30.3 Å². The van der Waals surface area contributed by atoms with Crippen LogP contribution in [0.25, 0.3) is 0 Å². The van der Waals surface area contributed by atoms with Crippen molar-refractivity contribution < 1.29 is 14.7 Å². The number of carboxylic acids is 1. The molecule has 5 heteroatoms. The number of amides is 1. The maximum absolute atomic E-state index is 12.2. The number of rotatable bonds is 7. The second kappa shape index (κ2) is 7.65. The van der Waals surface area contributed by atoms with Crippen molar-refractivity contribution in [1.29, 1.82) is 0 Å². The van der Waals surface area contributed by atoms with E-state index in [0.29, 0.717) is 6.54 Å². The normalized spacial score (nSPS) is 12.2. The first-order chi connectivity index (χ1) is 9.45. The molecule has 1 rings (SSSR count). The van der Waals surface area contributed by atoms with Gasteiger partial charge in [-0.1, -0.05) is 25.1 Å². The molecule has 0 aliphatic heterocycles. The molecule has 0 aliphatic rings. The van der Waals surface area contributed by atoms with Crippen molar-refractivity contribution in [1.82, 2.24) is 4.90 Å². The van der Waals surface area contributed by atoms with E-state index in [1.54, 1.807) is 11.9 Å². The Morgan fingerprint density at radius 2 is 1.85 bits per heavy atom. The fraction of sp³-hybridized carbons (Fsp3) is 0.467. The van der Waals surface area contributed by atoms with Gasteiger partial charge in [0.25, 0.3) is 0 Å². The molecule has 0 spiro atoms. The molecule has 0 bridgehead atoms. The highest BCUT2D eigenvalue weighted by Crippen LogP contribution is 2.12. The van der Waals surface area contributed by atoms with Crippen LogP contribution in [0, 0.1) is 0 Å². The van der Waals surface area contributed by atoms with Crippen molar-refractivity contribution in [2.45, 2.75) is 26.3 Å². The number of para-hydroxylation sites is 1. The second-order valence-electron chi connectivity index (χ2n) is 4.80. The summed E-state index contributed by atoms with van der Waals surface area (Å²) in [6.07, 6.45) is 0.0379. The van der Waals surface area contributed by atoms with Crippen LogP contribution in [0.3, 0.4) is 0 Å².